The zero-order chi connectivity index (χ0) is 12.4. The summed E-state index contributed by atoms with van der Waals surface area (Å²) >= 11 is 3.43. The molecule has 1 saturated heterocycles. The van der Waals surface area contributed by atoms with E-state index >= 15 is 0 Å². The number of halogens is 1. The van der Waals surface area contributed by atoms with Gasteiger partial charge in [0.05, 0.1) is 12.7 Å². The molecule has 94 valence electrons. The van der Waals surface area contributed by atoms with Crippen molar-refractivity contribution in [2.75, 3.05) is 13.2 Å². The van der Waals surface area contributed by atoms with Crippen LogP contribution in [0.2, 0.25) is 0 Å². The number of aliphatic hydroxyl groups excluding tert-OH is 1. The van der Waals surface area contributed by atoms with E-state index in [0.717, 1.165) is 16.6 Å². The molecule has 2 atom stereocenters. The Morgan fingerprint density at radius 1 is 1.41 bits per heavy atom. The van der Waals surface area contributed by atoms with E-state index in [2.05, 4.69) is 46.8 Å². The Kier molecular flexibility index (Phi) is 4.20. The third-order valence-electron chi connectivity index (χ3n) is 3.06. The normalized spacial score (nSPS) is 25.7. The molecule has 1 heterocycles. The highest BCUT2D eigenvalue weighted by atomic mass is 79.9. The molecule has 17 heavy (non-hydrogen) atoms. The minimum absolute atomic E-state index is 0.0414. The van der Waals surface area contributed by atoms with Gasteiger partial charge in [-0.25, -0.2) is 0 Å². The molecular weight excluding hydrogens is 282 g/mol. The van der Waals surface area contributed by atoms with E-state index in [9.17, 15) is 5.11 Å². The molecule has 2 unspecified atom stereocenters. The molecular formula is C13H18BrNO2. The van der Waals surface area contributed by atoms with Crippen LogP contribution >= 0.6 is 15.9 Å². The van der Waals surface area contributed by atoms with Crippen LogP contribution in [-0.2, 0) is 4.74 Å². The van der Waals surface area contributed by atoms with Crippen LogP contribution in [0.1, 0.15) is 25.6 Å². The van der Waals surface area contributed by atoms with Gasteiger partial charge in [0.15, 0.2) is 0 Å². The Hall–Kier alpha value is -0.420. The summed E-state index contributed by atoms with van der Waals surface area (Å²) in [6.07, 6.45) is -0.119. The quantitative estimate of drug-likeness (QED) is 0.931. The summed E-state index contributed by atoms with van der Waals surface area (Å²) < 4.78 is 6.93. The third kappa shape index (κ3) is 2.88. The van der Waals surface area contributed by atoms with Crippen molar-refractivity contribution in [3.05, 3.63) is 34.3 Å². The Labute approximate surface area is 111 Å². The molecule has 1 aromatic rings. The van der Waals surface area contributed by atoms with Gasteiger partial charge >= 0.3 is 0 Å². The lowest BCUT2D eigenvalue weighted by molar-refractivity contribution is -0.0266. The van der Waals surface area contributed by atoms with Gasteiger partial charge in [0.2, 0.25) is 0 Å². The van der Waals surface area contributed by atoms with Crippen LogP contribution in [0.3, 0.4) is 0 Å². The monoisotopic (exact) mass is 299 g/mol. The molecule has 0 bridgehead atoms. The molecule has 0 amide bonds. The summed E-state index contributed by atoms with van der Waals surface area (Å²) in [6.45, 7) is 5.16. The highest BCUT2D eigenvalue weighted by molar-refractivity contribution is 9.10. The van der Waals surface area contributed by atoms with Crippen molar-refractivity contribution in [2.45, 2.75) is 32.2 Å². The Morgan fingerprint density at radius 3 is 2.59 bits per heavy atom. The number of hydrogen-bond donors (Lipinski definition) is 1. The number of nitrogens with zero attached hydrogens (tertiary/aromatic N) is 1. The van der Waals surface area contributed by atoms with Crippen LogP contribution in [-0.4, -0.2) is 35.3 Å². The van der Waals surface area contributed by atoms with Gasteiger partial charge in [0, 0.05) is 17.1 Å². The summed E-state index contributed by atoms with van der Waals surface area (Å²) in [7, 11) is 0. The predicted molar refractivity (Wildman–Crippen MR) is 70.7 cm³/mol. The summed E-state index contributed by atoms with van der Waals surface area (Å²) in [4.78, 5) is 2.27. The van der Waals surface area contributed by atoms with Crippen LogP contribution in [0.15, 0.2) is 28.7 Å². The van der Waals surface area contributed by atoms with Gasteiger partial charge in [-0.3, -0.25) is 4.90 Å². The van der Waals surface area contributed by atoms with E-state index in [-0.39, 0.29) is 18.9 Å². The molecule has 3 nitrogen and oxygen atoms in total. The van der Waals surface area contributed by atoms with Gasteiger partial charge in [-0.2, -0.15) is 0 Å². The molecule has 2 rings (SSSR count). The van der Waals surface area contributed by atoms with E-state index in [1.54, 1.807) is 0 Å². The molecule has 1 aromatic carbocycles. The van der Waals surface area contributed by atoms with Crippen LogP contribution in [0.25, 0.3) is 0 Å². The first kappa shape index (κ1) is 13.0. The van der Waals surface area contributed by atoms with Crippen molar-refractivity contribution in [2.24, 2.45) is 0 Å². The molecule has 0 aliphatic carbocycles. The lowest BCUT2D eigenvalue weighted by Gasteiger charge is -2.26. The smallest absolute Gasteiger partial charge is 0.137 e. The first-order valence-electron chi connectivity index (χ1n) is 5.89. The maximum atomic E-state index is 9.22. The van der Waals surface area contributed by atoms with Crippen molar-refractivity contribution < 1.29 is 9.84 Å². The van der Waals surface area contributed by atoms with Crippen molar-refractivity contribution >= 4 is 15.9 Å². The molecule has 1 N–H and O–H groups in total. The number of aliphatic hydroxyl groups is 1. The minimum atomic E-state index is -0.0777. The molecule has 4 heteroatoms. The average molecular weight is 300 g/mol. The van der Waals surface area contributed by atoms with E-state index in [4.69, 9.17) is 4.74 Å². The van der Waals surface area contributed by atoms with Gasteiger partial charge in [-0.1, -0.05) is 28.1 Å². The van der Waals surface area contributed by atoms with Crippen LogP contribution in [0.4, 0.5) is 0 Å². The van der Waals surface area contributed by atoms with Crippen molar-refractivity contribution in [1.82, 2.24) is 4.90 Å². The van der Waals surface area contributed by atoms with Crippen molar-refractivity contribution in [1.29, 1.82) is 0 Å². The first-order valence-corrected chi connectivity index (χ1v) is 6.68. The fraction of sp³-hybridized carbons (Fsp3) is 0.538. The van der Waals surface area contributed by atoms with Crippen molar-refractivity contribution in [3.8, 4) is 0 Å². The molecule has 1 aliphatic rings. The number of hydrogen-bond acceptors (Lipinski definition) is 3. The minimum Gasteiger partial charge on any atom is -0.394 e. The molecule has 0 radical (unpaired) electrons. The van der Waals surface area contributed by atoms with Gasteiger partial charge < -0.3 is 9.84 Å². The van der Waals surface area contributed by atoms with E-state index < -0.39 is 0 Å². The number of benzene rings is 1. The third-order valence-corrected chi connectivity index (χ3v) is 3.59. The molecule has 1 aliphatic heterocycles. The second-order valence-corrected chi connectivity index (χ2v) is 5.55. The summed E-state index contributed by atoms with van der Waals surface area (Å²) in [5.41, 5.74) is 1.14. The van der Waals surface area contributed by atoms with E-state index in [1.165, 1.54) is 0 Å². The Bertz CT molecular complexity index is 366. The second kappa shape index (κ2) is 5.48. The van der Waals surface area contributed by atoms with Crippen LogP contribution in [0.5, 0.6) is 0 Å². The largest absolute Gasteiger partial charge is 0.394 e. The number of ether oxygens (including phenoxy) is 1. The van der Waals surface area contributed by atoms with Gasteiger partial charge in [-0.15, -0.1) is 0 Å². The lowest BCUT2D eigenvalue weighted by atomic mass is 10.1. The molecule has 0 aromatic heterocycles. The first-order chi connectivity index (χ1) is 8.11. The average Bonchev–Trinajstić information content (AvgIpc) is 2.74. The van der Waals surface area contributed by atoms with Crippen LogP contribution < -0.4 is 0 Å². The highest BCUT2D eigenvalue weighted by Crippen LogP contribution is 2.32. The highest BCUT2D eigenvalue weighted by Gasteiger charge is 2.34. The fourth-order valence-corrected chi connectivity index (χ4v) is 2.38. The predicted octanol–water partition coefficient (Wildman–Crippen LogP) is 2.55. The Balaban J connectivity index is 2.20. The number of rotatable bonds is 3. The SMILES string of the molecule is CC(C)N1CC(CO)OC1c1ccc(Br)cc1. The standard InChI is InChI=1S/C13H18BrNO2/c1-9(2)15-7-12(8-16)17-13(15)10-3-5-11(14)6-4-10/h3-6,9,12-13,16H,7-8H2,1-2H3. The lowest BCUT2D eigenvalue weighted by Crippen LogP contribution is -2.32. The zero-order valence-corrected chi connectivity index (χ0v) is 11.7. The fourth-order valence-electron chi connectivity index (χ4n) is 2.11. The maximum Gasteiger partial charge on any atom is 0.137 e. The van der Waals surface area contributed by atoms with Crippen molar-refractivity contribution in [3.63, 3.8) is 0 Å². The molecule has 0 saturated carbocycles. The van der Waals surface area contributed by atoms with E-state index in [1.807, 2.05) is 12.1 Å². The van der Waals surface area contributed by atoms with Gasteiger partial charge in [0.25, 0.3) is 0 Å². The Morgan fingerprint density at radius 2 is 2.06 bits per heavy atom. The topological polar surface area (TPSA) is 32.7 Å². The molecule has 0 spiro atoms. The summed E-state index contributed by atoms with van der Waals surface area (Å²) in [5.74, 6) is 0. The maximum absolute atomic E-state index is 9.22. The van der Waals surface area contributed by atoms with Gasteiger partial charge in [0.1, 0.15) is 6.23 Å². The van der Waals surface area contributed by atoms with E-state index in [0.29, 0.717) is 6.04 Å². The van der Waals surface area contributed by atoms with Gasteiger partial charge in [-0.05, 0) is 31.5 Å². The summed E-state index contributed by atoms with van der Waals surface area (Å²) in [5, 5.41) is 9.22. The summed E-state index contributed by atoms with van der Waals surface area (Å²) in [6, 6.07) is 8.56. The van der Waals surface area contributed by atoms with Crippen LogP contribution in [0, 0.1) is 0 Å². The molecule has 1 fully saturated rings. The zero-order valence-electron chi connectivity index (χ0n) is 10.1. The second-order valence-electron chi connectivity index (χ2n) is 4.64.